The highest BCUT2D eigenvalue weighted by Crippen LogP contribution is 2.12. The molecule has 0 aromatic rings. The van der Waals surface area contributed by atoms with Crippen LogP contribution in [0, 0.1) is 0 Å². The predicted octanol–water partition coefficient (Wildman–Crippen LogP) is -1.46. The van der Waals surface area contributed by atoms with Gasteiger partial charge in [-0.2, -0.15) is 8.80 Å². The molecule has 0 bridgehead atoms. The van der Waals surface area contributed by atoms with Gasteiger partial charge in [0.25, 0.3) is 0 Å². The molecule has 0 atom stereocenters. The van der Waals surface area contributed by atoms with Gasteiger partial charge in [0.2, 0.25) is 0 Å². The fraction of sp³-hybridized carbons (Fsp3) is 0. The van der Waals surface area contributed by atoms with Crippen LogP contribution in [-0.4, -0.2) is 16.6 Å². The highest BCUT2D eigenvalue weighted by Gasteiger charge is 2.22. The number of nitrogens with two attached hydrogens (primary N) is 2. The maximum Gasteiger partial charge on any atom is 0.172 e. The first kappa shape index (κ1) is 5.54. The van der Waals surface area contributed by atoms with E-state index in [9.17, 15) is 4.21 Å². The van der Waals surface area contributed by atoms with Gasteiger partial charge in [-0.05, 0) is 0 Å². The molecule has 1 rings (SSSR count). The molecule has 1 aliphatic heterocycles. The van der Waals surface area contributed by atoms with Crippen molar-refractivity contribution in [3.63, 3.8) is 0 Å². The summed E-state index contributed by atoms with van der Waals surface area (Å²) in [6.07, 6.45) is 2.43. The zero-order valence-electron chi connectivity index (χ0n) is 4.02. The van der Waals surface area contributed by atoms with Gasteiger partial charge in [0.05, 0.1) is 12.4 Å². The second-order valence-corrected chi connectivity index (χ2v) is 3.87. The van der Waals surface area contributed by atoms with Crippen molar-refractivity contribution in [3.05, 3.63) is 0 Å². The van der Waals surface area contributed by atoms with Gasteiger partial charge in [-0.25, -0.2) is 14.5 Å². The number of nitrogens with zero attached hydrogens (tertiary/aromatic N) is 2. The van der Waals surface area contributed by atoms with Crippen LogP contribution < -0.4 is 10.3 Å². The van der Waals surface area contributed by atoms with Crippen LogP contribution in [0.1, 0.15) is 0 Å². The van der Waals surface area contributed by atoms with Crippen LogP contribution in [0.2, 0.25) is 0 Å². The first-order chi connectivity index (χ1) is 3.47. The Hall–Kier alpha value is -0.590. The zero-order valence-corrected chi connectivity index (χ0v) is 4.84. The smallest absolute Gasteiger partial charge is 0.172 e. The molecule has 0 unspecified atom stereocenters. The first-order valence-corrected chi connectivity index (χ1v) is 3.86. The van der Waals surface area contributed by atoms with E-state index in [2.05, 4.69) is 8.80 Å². The largest absolute Gasteiger partial charge is 0.227 e. The van der Waals surface area contributed by atoms with Crippen molar-refractivity contribution >= 4 is 22.2 Å². The highest BCUT2D eigenvalue weighted by atomic mass is 32.3. The van der Waals surface area contributed by atoms with Crippen LogP contribution in [0.4, 0.5) is 0 Å². The first-order valence-electron chi connectivity index (χ1n) is 1.85. The van der Waals surface area contributed by atoms with Crippen molar-refractivity contribution < 1.29 is 4.21 Å². The Kier molecular flexibility index (Phi) is 0.723. The van der Waals surface area contributed by atoms with Crippen molar-refractivity contribution in [1.29, 1.82) is 0 Å². The van der Waals surface area contributed by atoms with Crippen molar-refractivity contribution in [2.24, 2.45) is 19.1 Å². The number of hydrogen-bond donors (Lipinski definition) is 2. The maximum atomic E-state index is 10.7. The van der Waals surface area contributed by atoms with Crippen LogP contribution in [0.25, 0.3) is 0 Å². The second kappa shape index (κ2) is 1.04. The lowest BCUT2D eigenvalue weighted by Crippen LogP contribution is -2.45. The van der Waals surface area contributed by atoms with E-state index in [4.69, 9.17) is 10.3 Å². The van der Waals surface area contributed by atoms with Crippen LogP contribution in [0.3, 0.4) is 0 Å². The van der Waals surface area contributed by atoms with Gasteiger partial charge >= 0.3 is 0 Å². The summed E-state index contributed by atoms with van der Waals surface area (Å²) in [5, 5.41) is 9.91. The van der Waals surface area contributed by atoms with Crippen LogP contribution in [0.5, 0.6) is 0 Å². The number of rotatable bonds is 0. The molecule has 0 aromatic carbocycles. The lowest BCUT2D eigenvalue weighted by atomic mass is 10.9. The van der Waals surface area contributed by atoms with E-state index in [1.54, 1.807) is 0 Å². The maximum absolute atomic E-state index is 10.7. The third-order valence-electron chi connectivity index (χ3n) is 0.612. The van der Waals surface area contributed by atoms with E-state index in [1.807, 2.05) is 0 Å². The quantitative estimate of drug-likeness (QED) is 0.416. The van der Waals surface area contributed by atoms with E-state index < -0.39 is 9.81 Å². The van der Waals surface area contributed by atoms with E-state index in [0.717, 1.165) is 0 Å². The summed E-state index contributed by atoms with van der Waals surface area (Å²) in [6, 6.07) is 0. The molecule has 1 heterocycles. The van der Waals surface area contributed by atoms with Gasteiger partial charge in [-0.15, -0.1) is 0 Å². The third kappa shape index (κ3) is 0.971. The van der Waals surface area contributed by atoms with Gasteiger partial charge < -0.3 is 0 Å². The normalized spacial score (nSPS) is 34.0. The monoisotopic (exact) mass is 134 g/mol. The molecule has 6 heteroatoms. The molecule has 0 saturated heterocycles. The molecule has 0 amide bonds. The Labute approximate surface area is 46.4 Å². The lowest BCUT2D eigenvalue weighted by Gasteiger charge is -2.18. The van der Waals surface area contributed by atoms with E-state index in [1.165, 1.54) is 12.4 Å². The fourth-order valence-corrected chi connectivity index (χ4v) is 0.979. The highest BCUT2D eigenvalue weighted by molar-refractivity contribution is 8.14. The molecular formula is C2H6N4OS. The minimum atomic E-state index is -3.88. The molecule has 5 nitrogen and oxygen atoms in total. The van der Waals surface area contributed by atoms with Crippen molar-refractivity contribution in [2.75, 3.05) is 0 Å². The topological polar surface area (TPSA) is 93.8 Å². The van der Waals surface area contributed by atoms with Crippen LogP contribution >= 0.6 is 0 Å². The van der Waals surface area contributed by atoms with Gasteiger partial charge in [0, 0.05) is 0 Å². The predicted molar refractivity (Wildman–Crippen MR) is 33.5 cm³/mol. The Morgan fingerprint density at radius 3 is 1.75 bits per heavy atom. The Morgan fingerprint density at radius 1 is 1.25 bits per heavy atom. The van der Waals surface area contributed by atoms with E-state index >= 15 is 0 Å². The average Bonchev–Trinajstić information content (AvgIpc) is 1.81. The fourth-order valence-electron chi connectivity index (χ4n) is 0.326. The number of hydrogen-bond acceptors (Lipinski definition) is 1. The van der Waals surface area contributed by atoms with Gasteiger partial charge in [-0.1, -0.05) is 0 Å². The average molecular weight is 134 g/mol. The zero-order chi connectivity index (χ0) is 6.28. The van der Waals surface area contributed by atoms with Gasteiger partial charge in [0.15, 0.2) is 9.81 Å². The molecule has 0 radical (unpaired) electrons. The third-order valence-corrected chi connectivity index (χ3v) is 1.70. The summed E-state index contributed by atoms with van der Waals surface area (Å²) in [7, 11) is -3.88. The molecule has 1 aliphatic rings. The lowest BCUT2D eigenvalue weighted by molar-refractivity contribution is 0.661. The Balaban J connectivity index is 3.22. The molecule has 0 aliphatic carbocycles. The Morgan fingerprint density at radius 2 is 1.62 bits per heavy atom. The second-order valence-electron chi connectivity index (χ2n) is 1.49. The van der Waals surface area contributed by atoms with Crippen molar-refractivity contribution in [1.82, 2.24) is 0 Å². The summed E-state index contributed by atoms with van der Waals surface area (Å²) in [4.78, 5) is 0. The molecule has 46 valence electrons. The minimum Gasteiger partial charge on any atom is -0.227 e. The van der Waals surface area contributed by atoms with E-state index in [-0.39, 0.29) is 0 Å². The summed E-state index contributed by atoms with van der Waals surface area (Å²) in [5.41, 5.74) is 0. The molecule has 4 N–H and O–H groups in total. The molecule has 0 aromatic heterocycles. The SMILES string of the molecule is NS1(N)(=O)N=CC=N1. The standard InChI is InChI=1S/C2H6N4OS/c3-8(4,7)5-1-2-6-8/h1-2H,(H4,3,4,7). The van der Waals surface area contributed by atoms with E-state index in [0.29, 0.717) is 0 Å². The van der Waals surface area contributed by atoms with Crippen molar-refractivity contribution in [3.8, 4) is 0 Å². The Bertz CT molecular complexity index is 204. The molecule has 0 saturated carbocycles. The molecule has 0 fully saturated rings. The summed E-state index contributed by atoms with van der Waals surface area (Å²) in [6.45, 7) is 0. The molecule has 8 heavy (non-hydrogen) atoms. The minimum absolute atomic E-state index is 1.22. The van der Waals surface area contributed by atoms with Crippen LogP contribution in [0.15, 0.2) is 8.80 Å². The van der Waals surface area contributed by atoms with Gasteiger partial charge in [-0.3, -0.25) is 0 Å². The molecule has 0 spiro atoms. The van der Waals surface area contributed by atoms with Gasteiger partial charge in [0.1, 0.15) is 0 Å². The summed E-state index contributed by atoms with van der Waals surface area (Å²) in [5.74, 6) is 0. The van der Waals surface area contributed by atoms with Crippen molar-refractivity contribution in [2.45, 2.75) is 0 Å². The molecular weight excluding hydrogens is 128 g/mol. The summed E-state index contributed by atoms with van der Waals surface area (Å²) >= 11 is 0. The summed E-state index contributed by atoms with van der Waals surface area (Å²) < 4.78 is 17.3. The van der Waals surface area contributed by atoms with Crippen LogP contribution in [-0.2, 0) is 9.81 Å².